The van der Waals surface area contributed by atoms with Crippen LogP contribution in [0.3, 0.4) is 0 Å². The van der Waals surface area contributed by atoms with Gasteiger partial charge in [0.1, 0.15) is 0 Å². The molecule has 1 aliphatic rings. The minimum absolute atomic E-state index is 0.146. The van der Waals surface area contributed by atoms with Crippen LogP contribution in [0.2, 0.25) is 5.02 Å². The van der Waals surface area contributed by atoms with Crippen molar-refractivity contribution in [3.05, 3.63) is 28.8 Å². The number of carboxylic acid groups (broad SMARTS) is 1. The van der Waals surface area contributed by atoms with Crippen molar-refractivity contribution in [1.29, 1.82) is 0 Å². The molecule has 0 spiro atoms. The summed E-state index contributed by atoms with van der Waals surface area (Å²) >= 11 is 7.81. The maximum Gasteiger partial charge on any atom is 0.337 e. The fraction of sp³-hybridized carbons (Fsp3) is 0.364. The molecule has 0 amide bonds. The average Bonchev–Trinajstić information content (AvgIpc) is 2.70. The molecule has 1 aromatic carbocycles. The Hall–Kier alpha value is -0.870. The summed E-state index contributed by atoms with van der Waals surface area (Å²) in [7, 11) is 0. The van der Waals surface area contributed by atoms with Gasteiger partial charge in [0.05, 0.1) is 10.6 Å². The maximum atomic E-state index is 10.8. The standard InChI is InChI=1S/C11H12ClNO2S/c12-10-5-7(1-2-9(10)11(14)15)13-8-3-4-16-6-8/h1-2,5,8,13H,3-4,6H2,(H,14,15). The molecule has 0 aromatic heterocycles. The highest BCUT2D eigenvalue weighted by Crippen LogP contribution is 2.25. The first kappa shape index (κ1) is 11.6. The van der Waals surface area contributed by atoms with E-state index in [4.69, 9.17) is 16.7 Å². The van der Waals surface area contributed by atoms with Gasteiger partial charge in [-0.3, -0.25) is 0 Å². The Morgan fingerprint density at radius 3 is 2.94 bits per heavy atom. The highest BCUT2D eigenvalue weighted by molar-refractivity contribution is 7.99. The number of anilines is 1. The van der Waals surface area contributed by atoms with Crippen LogP contribution in [0.15, 0.2) is 18.2 Å². The van der Waals surface area contributed by atoms with E-state index in [1.165, 1.54) is 11.8 Å². The number of halogens is 1. The lowest BCUT2D eigenvalue weighted by atomic mass is 10.2. The fourth-order valence-electron chi connectivity index (χ4n) is 1.66. The molecule has 86 valence electrons. The third-order valence-corrected chi connectivity index (χ3v) is 3.98. The van der Waals surface area contributed by atoms with Gasteiger partial charge >= 0.3 is 5.97 Å². The summed E-state index contributed by atoms with van der Waals surface area (Å²) in [6.07, 6.45) is 1.14. The molecule has 3 nitrogen and oxygen atoms in total. The van der Waals surface area contributed by atoms with Crippen LogP contribution in [0, 0.1) is 0 Å². The first-order valence-electron chi connectivity index (χ1n) is 5.04. The minimum atomic E-state index is -0.993. The van der Waals surface area contributed by atoms with Crippen molar-refractivity contribution < 1.29 is 9.90 Å². The van der Waals surface area contributed by atoms with E-state index in [0.717, 1.165) is 17.9 Å². The van der Waals surface area contributed by atoms with E-state index in [1.54, 1.807) is 12.1 Å². The summed E-state index contributed by atoms with van der Waals surface area (Å²) in [6, 6.07) is 5.44. The summed E-state index contributed by atoms with van der Waals surface area (Å²) in [5, 5.41) is 12.5. The molecule has 16 heavy (non-hydrogen) atoms. The van der Waals surface area contributed by atoms with E-state index in [1.807, 2.05) is 11.8 Å². The number of nitrogens with one attached hydrogen (secondary N) is 1. The SMILES string of the molecule is O=C(O)c1ccc(NC2CCSC2)cc1Cl. The molecule has 1 atom stereocenters. The number of carboxylic acids is 1. The Balaban J connectivity index is 2.11. The highest BCUT2D eigenvalue weighted by atomic mass is 35.5. The summed E-state index contributed by atoms with van der Waals surface area (Å²) in [5.41, 5.74) is 1.04. The highest BCUT2D eigenvalue weighted by Gasteiger charge is 2.16. The summed E-state index contributed by atoms with van der Waals surface area (Å²) in [4.78, 5) is 10.8. The van der Waals surface area contributed by atoms with Crippen LogP contribution in [-0.2, 0) is 0 Å². The monoisotopic (exact) mass is 257 g/mol. The van der Waals surface area contributed by atoms with E-state index >= 15 is 0 Å². The second-order valence-corrected chi connectivity index (χ2v) is 5.26. The number of carbonyl (C=O) groups is 1. The van der Waals surface area contributed by atoms with Crippen molar-refractivity contribution >= 4 is 35.0 Å². The Morgan fingerprint density at radius 2 is 2.38 bits per heavy atom. The lowest BCUT2D eigenvalue weighted by molar-refractivity contribution is 0.0697. The second kappa shape index (κ2) is 4.97. The Bertz CT molecular complexity index is 405. The van der Waals surface area contributed by atoms with Crippen LogP contribution >= 0.6 is 23.4 Å². The molecule has 1 aromatic rings. The molecule has 0 aliphatic carbocycles. The second-order valence-electron chi connectivity index (χ2n) is 3.70. The van der Waals surface area contributed by atoms with Gasteiger partial charge in [-0.25, -0.2) is 4.79 Å². The van der Waals surface area contributed by atoms with Crippen molar-refractivity contribution in [3.63, 3.8) is 0 Å². The van der Waals surface area contributed by atoms with Gasteiger partial charge in [0.15, 0.2) is 0 Å². The molecule has 1 saturated heterocycles. The largest absolute Gasteiger partial charge is 0.478 e. The van der Waals surface area contributed by atoms with Crippen LogP contribution in [0.1, 0.15) is 16.8 Å². The van der Waals surface area contributed by atoms with Crippen LogP contribution in [0.4, 0.5) is 5.69 Å². The molecule has 5 heteroatoms. The summed E-state index contributed by atoms with van der Waals surface area (Å²) in [5.74, 6) is 1.28. The van der Waals surface area contributed by atoms with Crippen molar-refractivity contribution in [2.24, 2.45) is 0 Å². The van der Waals surface area contributed by atoms with Crippen molar-refractivity contribution in [2.75, 3.05) is 16.8 Å². The Morgan fingerprint density at radius 1 is 1.56 bits per heavy atom. The third kappa shape index (κ3) is 2.62. The molecule has 0 radical (unpaired) electrons. The zero-order valence-corrected chi connectivity index (χ0v) is 10.1. The molecular weight excluding hydrogens is 246 g/mol. The van der Waals surface area contributed by atoms with Crippen molar-refractivity contribution in [2.45, 2.75) is 12.5 Å². The number of rotatable bonds is 3. The molecule has 1 unspecified atom stereocenters. The van der Waals surface area contributed by atoms with Gasteiger partial charge in [-0.2, -0.15) is 11.8 Å². The molecule has 2 N–H and O–H groups in total. The van der Waals surface area contributed by atoms with Crippen LogP contribution in [-0.4, -0.2) is 28.6 Å². The lowest BCUT2D eigenvalue weighted by Crippen LogP contribution is -2.18. The van der Waals surface area contributed by atoms with E-state index in [-0.39, 0.29) is 10.6 Å². The number of thioether (sulfide) groups is 1. The third-order valence-electron chi connectivity index (χ3n) is 2.50. The van der Waals surface area contributed by atoms with Crippen LogP contribution < -0.4 is 5.32 Å². The predicted molar refractivity (Wildman–Crippen MR) is 67.8 cm³/mol. The normalized spacial score (nSPS) is 19.7. The molecule has 1 fully saturated rings. The van der Waals surface area contributed by atoms with Gasteiger partial charge in [-0.05, 0) is 30.4 Å². The quantitative estimate of drug-likeness (QED) is 0.874. The zero-order chi connectivity index (χ0) is 11.5. The van der Waals surface area contributed by atoms with Gasteiger partial charge in [0.25, 0.3) is 0 Å². The van der Waals surface area contributed by atoms with E-state index in [0.29, 0.717) is 6.04 Å². The van der Waals surface area contributed by atoms with Crippen LogP contribution in [0.25, 0.3) is 0 Å². The minimum Gasteiger partial charge on any atom is -0.478 e. The Labute approximate surface area is 103 Å². The molecule has 0 bridgehead atoms. The predicted octanol–water partition coefficient (Wildman–Crippen LogP) is 2.96. The van der Waals surface area contributed by atoms with Gasteiger partial charge < -0.3 is 10.4 Å². The molecule has 2 rings (SSSR count). The van der Waals surface area contributed by atoms with Crippen molar-refractivity contribution in [1.82, 2.24) is 0 Å². The first-order chi connectivity index (χ1) is 7.66. The van der Waals surface area contributed by atoms with Crippen LogP contribution in [0.5, 0.6) is 0 Å². The van der Waals surface area contributed by atoms with E-state index < -0.39 is 5.97 Å². The number of aromatic carboxylic acids is 1. The smallest absolute Gasteiger partial charge is 0.337 e. The zero-order valence-electron chi connectivity index (χ0n) is 8.57. The van der Waals surface area contributed by atoms with Crippen molar-refractivity contribution in [3.8, 4) is 0 Å². The van der Waals surface area contributed by atoms with E-state index in [2.05, 4.69) is 5.32 Å². The number of benzene rings is 1. The fourth-order valence-corrected chi connectivity index (χ4v) is 3.08. The summed E-state index contributed by atoms with van der Waals surface area (Å²) in [6.45, 7) is 0. The molecular formula is C11H12ClNO2S. The number of hydrogen-bond donors (Lipinski definition) is 2. The lowest BCUT2D eigenvalue weighted by Gasteiger charge is -2.13. The molecule has 0 saturated carbocycles. The van der Waals surface area contributed by atoms with Gasteiger partial charge in [-0.15, -0.1) is 0 Å². The average molecular weight is 258 g/mol. The van der Waals surface area contributed by atoms with Gasteiger partial charge in [0, 0.05) is 17.5 Å². The Kier molecular flexibility index (Phi) is 3.61. The molecule has 1 heterocycles. The molecule has 1 aliphatic heterocycles. The van der Waals surface area contributed by atoms with Gasteiger partial charge in [-0.1, -0.05) is 11.6 Å². The topological polar surface area (TPSA) is 49.3 Å². The van der Waals surface area contributed by atoms with Gasteiger partial charge in [0.2, 0.25) is 0 Å². The number of hydrogen-bond acceptors (Lipinski definition) is 3. The first-order valence-corrected chi connectivity index (χ1v) is 6.57. The summed E-state index contributed by atoms with van der Waals surface area (Å²) < 4.78 is 0. The van der Waals surface area contributed by atoms with E-state index in [9.17, 15) is 4.79 Å². The maximum absolute atomic E-state index is 10.8.